The van der Waals surface area contributed by atoms with Gasteiger partial charge in [0, 0.05) is 0 Å². The van der Waals surface area contributed by atoms with E-state index in [0.717, 1.165) is 38.5 Å². The molecular weight excluding hydrogens is 424 g/mol. The first-order chi connectivity index (χ1) is 14.6. The first-order valence-corrected chi connectivity index (χ1v) is 13.1. The van der Waals surface area contributed by atoms with E-state index >= 15 is 0 Å². The Morgan fingerprint density at radius 2 is 1.26 bits per heavy atom. The van der Waals surface area contributed by atoms with E-state index in [0.29, 0.717) is 12.8 Å². The fourth-order valence-corrected chi connectivity index (χ4v) is 4.07. The number of rotatable bonds is 20. The van der Waals surface area contributed by atoms with Crippen molar-refractivity contribution in [3.63, 3.8) is 0 Å². The Labute approximate surface area is 187 Å². The van der Waals surface area contributed by atoms with Crippen molar-refractivity contribution >= 4 is 22.1 Å². The fourth-order valence-electron chi connectivity index (χ4n) is 3.43. The molecule has 0 aliphatic heterocycles. The minimum atomic E-state index is -4.92. The van der Waals surface area contributed by atoms with Gasteiger partial charge < -0.3 is 5.11 Å². The zero-order valence-electron chi connectivity index (χ0n) is 19.4. The Morgan fingerprint density at radius 3 is 1.65 bits per heavy atom. The second kappa shape index (κ2) is 16.4. The van der Waals surface area contributed by atoms with Crippen molar-refractivity contribution in [3.05, 3.63) is 0 Å². The number of carbonyl (C=O) groups is 2. The molecule has 1 atom stereocenters. The molecule has 8 nitrogen and oxygen atoms in total. The van der Waals surface area contributed by atoms with Crippen LogP contribution in [0.4, 0.5) is 0 Å². The summed E-state index contributed by atoms with van der Waals surface area (Å²) in [6.45, 7) is 6.13. The highest BCUT2D eigenvalue weighted by Crippen LogP contribution is 2.28. The van der Waals surface area contributed by atoms with Crippen LogP contribution in [0, 0.1) is 0 Å². The molecule has 0 saturated carbocycles. The molecule has 2 N–H and O–H groups in total. The van der Waals surface area contributed by atoms with E-state index < -0.39 is 39.3 Å². The van der Waals surface area contributed by atoms with Gasteiger partial charge in [-0.25, -0.2) is 4.79 Å². The quantitative estimate of drug-likeness (QED) is 0.105. The third kappa shape index (κ3) is 15.3. The normalized spacial score (nSPS) is 13.2. The van der Waals surface area contributed by atoms with Gasteiger partial charge in [-0.05, 0) is 19.8 Å². The molecule has 0 amide bonds. The van der Waals surface area contributed by atoms with Crippen molar-refractivity contribution in [1.82, 2.24) is 0 Å². The summed E-state index contributed by atoms with van der Waals surface area (Å²) >= 11 is 0. The lowest BCUT2D eigenvalue weighted by Gasteiger charge is -2.28. The minimum absolute atomic E-state index is 0.636. The van der Waals surface area contributed by atoms with Gasteiger partial charge in [-0.3, -0.25) is 14.2 Å². The number of carboxylic acid groups (broad SMARTS) is 1. The number of hydrogen-bond donors (Lipinski definition) is 2. The smallest absolute Gasteiger partial charge is 0.363 e. The number of hydrogen-bond acceptors (Lipinski definition) is 6. The summed E-state index contributed by atoms with van der Waals surface area (Å²) in [6.07, 6.45) is 13.3. The number of carboxylic acids is 1. The molecule has 0 bridgehead atoms. The van der Waals surface area contributed by atoms with Gasteiger partial charge in [-0.2, -0.15) is 13.3 Å². The van der Waals surface area contributed by atoms with Crippen LogP contribution in [0.15, 0.2) is 0 Å². The average molecular weight is 467 g/mol. The van der Waals surface area contributed by atoms with Crippen LogP contribution in [-0.4, -0.2) is 40.9 Å². The Kier molecular flexibility index (Phi) is 15.8. The van der Waals surface area contributed by atoms with Gasteiger partial charge in [-0.15, -0.1) is 0 Å². The third-order valence-electron chi connectivity index (χ3n) is 5.43. The lowest BCUT2D eigenvalue weighted by Crippen LogP contribution is -2.37. The molecule has 184 valence electrons. The molecule has 0 aromatic rings. The first-order valence-electron chi connectivity index (χ1n) is 11.6. The van der Waals surface area contributed by atoms with E-state index in [9.17, 15) is 18.0 Å². The SMILES string of the molecule is CCCCCCCCC(C)(CCCCCCCC)OOC(=O)C(CC(=O)O)S(=O)(=O)O. The zero-order chi connectivity index (χ0) is 23.8. The summed E-state index contributed by atoms with van der Waals surface area (Å²) < 4.78 is 31.9. The second-order valence-corrected chi connectivity index (χ2v) is 10.2. The van der Waals surface area contributed by atoms with E-state index in [2.05, 4.69) is 13.8 Å². The van der Waals surface area contributed by atoms with Crippen LogP contribution in [0.1, 0.15) is 117 Å². The molecule has 0 spiro atoms. The molecular formula is C22H42O8S. The lowest BCUT2D eigenvalue weighted by molar-refractivity contribution is -0.332. The van der Waals surface area contributed by atoms with Gasteiger partial charge >= 0.3 is 11.9 Å². The highest BCUT2D eigenvalue weighted by Gasteiger charge is 2.37. The van der Waals surface area contributed by atoms with E-state index in [-0.39, 0.29) is 0 Å². The number of carbonyl (C=O) groups excluding carboxylic acids is 1. The summed E-state index contributed by atoms with van der Waals surface area (Å²) in [5.41, 5.74) is -0.793. The van der Waals surface area contributed by atoms with Crippen molar-refractivity contribution in [2.45, 2.75) is 128 Å². The molecule has 0 rings (SSSR count). The Balaban J connectivity index is 4.84. The molecule has 0 heterocycles. The van der Waals surface area contributed by atoms with E-state index in [1.807, 2.05) is 6.92 Å². The summed E-state index contributed by atoms with van der Waals surface area (Å²) in [6, 6.07) is 0. The molecule has 9 heteroatoms. The first kappa shape index (κ1) is 29.8. The van der Waals surface area contributed by atoms with Gasteiger partial charge in [0.15, 0.2) is 5.25 Å². The molecule has 1 unspecified atom stereocenters. The largest absolute Gasteiger partial charge is 0.481 e. The van der Waals surface area contributed by atoms with Gasteiger partial charge in [0.1, 0.15) is 5.60 Å². The summed E-state index contributed by atoms with van der Waals surface area (Å²) in [7, 11) is -4.92. The van der Waals surface area contributed by atoms with Crippen molar-refractivity contribution in [3.8, 4) is 0 Å². The predicted molar refractivity (Wildman–Crippen MR) is 119 cm³/mol. The van der Waals surface area contributed by atoms with Crippen LogP contribution in [0.25, 0.3) is 0 Å². The minimum Gasteiger partial charge on any atom is -0.481 e. The molecule has 0 saturated heterocycles. The van der Waals surface area contributed by atoms with E-state index in [4.69, 9.17) is 19.4 Å². The highest BCUT2D eigenvalue weighted by atomic mass is 32.2. The summed E-state index contributed by atoms with van der Waals surface area (Å²) in [4.78, 5) is 33.1. The fraction of sp³-hybridized carbons (Fsp3) is 0.909. The Morgan fingerprint density at radius 1 is 0.839 bits per heavy atom. The maximum Gasteiger partial charge on any atom is 0.363 e. The zero-order valence-corrected chi connectivity index (χ0v) is 20.3. The summed E-state index contributed by atoms with van der Waals surface area (Å²) in [5.74, 6) is -2.96. The van der Waals surface area contributed by atoms with Crippen molar-refractivity contribution < 1.29 is 37.4 Å². The Bertz CT molecular complexity index is 587. The number of aliphatic carboxylic acids is 1. The topological polar surface area (TPSA) is 127 Å². The van der Waals surface area contributed by atoms with Gasteiger partial charge in [0.05, 0.1) is 6.42 Å². The maximum atomic E-state index is 12.1. The highest BCUT2D eigenvalue weighted by molar-refractivity contribution is 7.87. The Hall–Kier alpha value is -1.19. The lowest BCUT2D eigenvalue weighted by atomic mass is 9.91. The van der Waals surface area contributed by atoms with Crippen molar-refractivity contribution in [2.75, 3.05) is 0 Å². The standard InChI is InChI=1S/C22H42O8S/c1-4-6-8-10-12-14-16-22(3,17-15-13-11-9-7-5-2)30-29-21(25)19(18-20(23)24)31(26,27)28/h19H,4-18H2,1-3H3,(H,23,24)(H,26,27,28). The molecule has 0 aromatic heterocycles. The van der Waals surface area contributed by atoms with Crippen LogP contribution in [-0.2, 0) is 29.5 Å². The van der Waals surface area contributed by atoms with Gasteiger partial charge in [0.2, 0.25) is 0 Å². The molecule has 0 aromatic carbocycles. The van der Waals surface area contributed by atoms with Crippen molar-refractivity contribution in [2.24, 2.45) is 0 Å². The van der Waals surface area contributed by atoms with Crippen LogP contribution in [0.2, 0.25) is 0 Å². The molecule has 0 fully saturated rings. The van der Waals surface area contributed by atoms with Crippen LogP contribution >= 0.6 is 0 Å². The van der Waals surface area contributed by atoms with E-state index in [1.165, 1.54) is 38.5 Å². The maximum absolute atomic E-state index is 12.1. The molecule has 0 aliphatic rings. The predicted octanol–water partition coefficient (Wildman–Crippen LogP) is 5.45. The second-order valence-electron chi connectivity index (χ2n) is 8.57. The molecule has 31 heavy (non-hydrogen) atoms. The van der Waals surface area contributed by atoms with Crippen LogP contribution < -0.4 is 0 Å². The molecule has 0 radical (unpaired) electrons. The van der Waals surface area contributed by atoms with Crippen molar-refractivity contribution in [1.29, 1.82) is 0 Å². The average Bonchev–Trinajstić information content (AvgIpc) is 2.69. The third-order valence-corrected chi connectivity index (χ3v) is 6.50. The van der Waals surface area contributed by atoms with Crippen LogP contribution in [0.5, 0.6) is 0 Å². The molecule has 0 aliphatic carbocycles. The van der Waals surface area contributed by atoms with Gasteiger partial charge in [0.25, 0.3) is 10.1 Å². The van der Waals surface area contributed by atoms with Crippen LogP contribution in [0.3, 0.4) is 0 Å². The summed E-state index contributed by atoms with van der Waals surface area (Å²) in [5, 5.41) is 6.60. The van der Waals surface area contributed by atoms with Gasteiger partial charge in [-0.1, -0.05) is 90.9 Å². The monoisotopic (exact) mass is 466 g/mol. The van der Waals surface area contributed by atoms with E-state index in [1.54, 1.807) is 0 Å². The number of unbranched alkanes of at least 4 members (excludes halogenated alkanes) is 10.